The van der Waals surface area contributed by atoms with Gasteiger partial charge in [0.05, 0.1) is 10.5 Å². The van der Waals surface area contributed by atoms with Gasteiger partial charge in [-0.25, -0.2) is 4.98 Å². The number of rotatable bonds is 5. The summed E-state index contributed by atoms with van der Waals surface area (Å²) in [6, 6.07) is 1.66. The monoisotopic (exact) mass is 239 g/mol. The second-order valence-corrected chi connectivity index (χ2v) is 4.43. The standard InChI is InChI=1S/C11H17N3O3/c1-8-5-10(12-6-9(8)14(15)16)13-7-11(2,3)17-4/h5-6H,7H2,1-4H3,(H,12,13). The zero-order valence-electron chi connectivity index (χ0n) is 10.5. The summed E-state index contributed by atoms with van der Waals surface area (Å²) >= 11 is 0. The fourth-order valence-electron chi connectivity index (χ4n) is 1.21. The van der Waals surface area contributed by atoms with E-state index in [1.165, 1.54) is 6.20 Å². The lowest BCUT2D eigenvalue weighted by Gasteiger charge is -2.23. The fraction of sp³-hybridized carbons (Fsp3) is 0.545. The Hall–Kier alpha value is -1.69. The summed E-state index contributed by atoms with van der Waals surface area (Å²) in [5.41, 5.74) is 0.307. The van der Waals surface area contributed by atoms with Crippen LogP contribution in [0.3, 0.4) is 0 Å². The molecule has 0 aliphatic rings. The van der Waals surface area contributed by atoms with Crippen LogP contribution >= 0.6 is 0 Å². The van der Waals surface area contributed by atoms with Crippen LogP contribution in [-0.4, -0.2) is 29.2 Å². The van der Waals surface area contributed by atoms with E-state index in [2.05, 4.69) is 10.3 Å². The van der Waals surface area contributed by atoms with Crippen molar-refractivity contribution in [2.45, 2.75) is 26.4 Å². The van der Waals surface area contributed by atoms with Crippen molar-refractivity contribution in [3.63, 3.8) is 0 Å². The number of ether oxygens (including phenoxy) is 1. The van der Waals surface area contributed by atoms with Crippen LogP contribution in [0.4, 0.5) is 11.5 Å². The predicted molar refractivity (Wildman–Crippen MR) is 65.2 cm³/mol. The lowest BCUT2D eigenvalue weighted by atomic mass is 10.1. The maximum Gasteiger partial charge on any atom is 0.290 e. The Morgan fingerprint density at radius 3 is 2.71 bits per heavy atom. The lowest BCUT2D eigenvalue weighted by Crippen LogP contribution is -2.32. The molecule has 94 valence electrons. The van der Waals surface area contributed by atoms with Crippen LogP contribution in [0.1, 0.15) is 19.4 Å². The van der Waals surface area contributed by atoms with Crippen LogP contribution in [0, 0.1) is 17.0 Å². The van der Waals surface area contributed by atoms with Crippen molar-refractivity contribution in [3.05, 3.63) is 27.9 Å². The second kappa shape index (κ2) is 5.09. The zero-order chi connectivity index (χ0) is 13.1. The van der Waals surface area contributed by atoms with Crippen molar-refractivity contribution in [1.29, 1.82) is 0 Å². The van der Waals surface area contributed by atoms with Crippen molar-refractivity contribution >= 4 is 11.5 Å². The highest BCUT2D eigenvalue weighted by atomic mass is 16.6. The van der Waals surface area contributed by atoms with Gasteiger partial charge in [0.25, 0.3) is 5.69 Å². The van der Waals surface area contributed by atoms with Gasteiger partial charge in [-0.05, 0) is 26.8 Å². The van der Waals surface area contributed by atoms with Crippen molar-refractivity contribution < 1.29 is 9.66 Å². The van der Waals surface area contributed by atoms with Gasteiger partial charge in [-0.15, -0.1) is 0 Å². The van der Waals surface area contributed by atoms with Crippen LogP contribution in [0.5, 0.6) is 0 Å². The van der Waals surface area contributed by atoms with Crippen molar-refractivity contribution in [2.24, 2.45) is 0 Å². The highest BCUT2D eigenvalue weighted by molar-refractivity contribution is 5.46. The Balaban J connectivity index is 2.75. The van der Waals surface area contributed by atoms with E-state index in [1.807, 2.05) is 13.8 Å². The molecule has 6 heteroatoms. The van der Waals surface area contributed by atoms with E-state index in [0.29, 0.717) is 17.9 Å². The summed E-state index contributed by atoms with van der Waals surface area (Å²) in [5.74, 6) is 0.609. The number of nitrogens with zero attached hydrogens (tertiary/aromatic N) is 2. The number of pyridine rings is 1. The Morgan fingerprint density at radius 2 is 2.24 bits per heavy atom. The van der Waals surface area contributed by atoms with Crippen molar-refractivity contribution in [1.82, 2.24) is 4.98 Å². The average molecular weight is 239 g/mol. The Labute approximate surface area is 100 Å². The van der Waals surface area contributed by atoms with Gasteiger partial charge in [0.2, 0.25) is 0 Å². The smallest absolute Gasteiger partial charge is 0.290 e. The Morgan fingerprint density at radius 1 is 1.59 bits per heavy atom. The first kappa shape index (κ1) is 13.4. The Bertz CT molecular complexity index is 418. The van der Waals surface area contributed by atoms with E-state index in [-0.39, 0.29) is 11.3 Å². The van der Waals surface area contributed by atoms with E-state index in [0.717, 1.165) is 0 Å². The third kappa shape index (κ3) is 3.67. The summed E-state index contributed by atoms with van der Waals surface area (Å²) in [6.07, 6.45) is 1.26. The molecule has 0 aliphatic heterocycles. The van der Waals surface area contributed by atoms with Gasteiger partial charge < -0.3 is 10.1 Å². The van der Waals surface area contributed by atoms with E-state index in [1.54, 1.807) is 20.1 Å². The third-order valence-electron chi connectivity index (χ3n) is 2.53. The molecule has 0 aromatic carbocycles. The van der Waals surface area contributed by atoms with Crippen LogP contribution < -0.4 is 5.32 Å². The maximum atomic E-state index is 10.6. The first-order valence-corrected chi connectivity index (χ1v) is 5.26. The topological polar surface area (TPSA) is 77.3 Å². The largest absolute Gasteiger partial charge is 0.377 e. The molecule has 0 radical (unpaired) electrons. The van der Waals surface area contributed by atoms with Gasteiger partial charge in [-0.1, -0.05) is 0 Å². The first-order valence-electron chi connectivity index (χ1n) is 5.26. The highest BCUT2D eigenvalue weighted by Gasteiger charge is 2.17. The number of methoxy groups -OCH3 is 1. The lowest BCUT2D eigenvalue weighted by molar-refractivity contribution is -0.385. The maximum absolute atomic E-state index is 10.6. The van der Waals surface area contributed by atoms with Crippen LogP contribution in [0.2, 0.25) is 0 Å². The number of aryl methyl sites for hydroxylation is 1. The minimum atomic E-state index is -0.439. The molecule has 0 atom stereocenters. The molecule has 0 bridgehead atoms. The molecular formula is C11H17N3O3. The zero-order valence-corrected chi connectivity index (χ0v) is 10.5. The number of hydrogen-bond acceptors (Lipinski definition) is 5. The summed E-state index contributed by atoms with van der Waals surface area (Å²) < 4.78 is 5.25. The summed E-state index contributed by atoms with van der Waals surface area (Å²) in [5, 5.41) is 13.7. The predicted octanol–water partition coefficient (Wildman–Crippen LogP) is 2.14. The number of anilines is 1. The van der Waals surface area contributed by atoms with Gasteiger partial charge in [0.1, 0.15) is 12.0 Å². The average Bonchev–Trinajstić information content (AvgIpc) is 2.26. The van der Waals surface area contributed by atoms with Gasteiger partial charge >= 0.3 is 0 Å². The molecule has 0 fully saturated rings. The molecule has 17 heavy (non-hydrogen) atoms. The molecule has 1 aromatic rings. The molecular weight excluding hydrogens is 222 g/mol. The van der Waals surface area contributed by atoms with E-state index in [4.69, 9.17) is 4.74 Å². The molecule has 6 nitrogen and oxygen atoms in total. The first-order chi connectivity index (χ1) is 7.85. The highest BCUT2D eigenvalue weighted by Crippen LogP contribution is 2.19. The molecule has 0 amide bonds. The molecule has 1 N–H and O–H groups in total. The normalized spacial score (nSPS) is 11.3. The molecule has 1 aromatic heterocycles. The third-order valence-corrected chi connectivity index (χ3v) is 2.53. The molecule has 0 saturated carbocycles. The van der Waals surface area contributed by atoms with Gasteiger partial charge in [-0.2, -0.15) is 0 Å². The number of aromatic nitrogens is 1. The minimum Gasteiger partial charge on any atom is -0.377 e. The molecule has 0 aliphatic carbocycles. The minimum absolute atomic E-state index is 0.0292. The van der Waals surface area contributed by atoms with Crippen LogP contribution in [0.15, 0.2) is 12.3 Å². The van der Waals surface area contributed by atoms with Gasteiger partial charge in [0.15, 0.2) is 0 Å². The molecule has 0 unspecified atom stereocenters. The van der Waals surface area contributed by atoms with Crippen LogP contribution in [0.25, 0.3) is 0 Å². The van der Waals surface area contributed by atoms with Crippen molar-refractivity contribution in [3.8, 4) is 0 Å². The van der Waals surface area contributed by atoms with E-state index >= 15 is 0 Å². The van der Waals surface area contributed by atoms with Gasteiger partial charge in [0, 0.05) is 19.2 Å². The number of nitro groups is 1. The summed E-state index contributed by atoms with van der Waals surface area (Å²) in [4.78, 5) is 14.2. The van der Waals surface area contributed by atoms with Crippen molar-refractivity contribution in [2.75, 3.05) is 19.0 Å². The molecule has 1 rings (SSSR count). The quantitative estimate of drug-likeness (QED) is 0.629. The summed E-state index contributed by atoms with van der Waals surface area (Å²) in [7, 11) is 1.64. The second-order valence-electron chi connectivity index (χ2n) is 4.43. The molecule has 1 heterocycles. The fourth-order valence-corrected chi connectivity index (χ4v) is 1.21. The molecule has 0 saturated heterocycles. The summed E-state index contributed by atoms with van der Waals surface area (Å²) in [6.45, 7) is 6.15. The van der Waals surface area contributed by atoms with Crippen LogP contribution in [-0.2, 0) is 4.74 Å². The van der Waals surface area contributed by atoms with E-state index in [9.17, 15) is 10.1 Å². The molecule has 0 spiro atoms. The SMILES string of the molecule is COC(C)(C)CNc1cc(C)c([N+](=O)[O-])cn1. The van der Waals surface area contributed by atoms with Gasteiger partial charge in [-0.3, -0.25) is 10.1 Å². The number of nitrogens with one attached hydrogen (secondary N) is 1. The Kier molecular flexibility index (Phi) is 4.01. The number of hydrogen-bond donors (Lipinski definition) is 1. The van der Waals surface area contributed by atoms with E-state index < -0.39 is 4.92 Å².